The number of benzene rings is 2. The van der Waals surface area contributed by atoms with Crippen LogP contribution in [0.2, 0.25) is 0 Å². The van der Waals surface area contributed by atoms with Crippen LogP contribution in [0.15, 0.2) is 51.7 Å². The second-order valence-electron chi connectivity index (χ2n) is 4.98. The van der Waals surface area contributed by atoms with E-state index in [1.807, 2.05) is 0 Å². The van der Waals surface area contributed by atoms with Gasteiger partial charge in [0, 0.05) is 5.56 Å². The lowest BCUT2D eigenvalue weighted by Crippen LogP contribution is -2.13. The van der Waals surface area contributed by atoms with E-state index >= 15 is 0 Å². The van der Waals surface area contributed by atoms with Crippen molar-refractivity contribution in [2.75, 3.05) is 0 Å². The molecule has 0 amide bonds. The Bertz CT molecular complexity index is 1030. The molecule has 118 valence electrons. The number of hydrogen-bond acceptors (Lipinski definition) is 5. The van der Waals surface area contributed by atoms with Gasteiger partial charge in [0.25, 0.3) is 0 Å². The first-order valence-corrected chi connectivity index (χ1v) is 6.91. The van der Waals surface area contributed by atoms with Gasteiger partial charge in [-0.15, -0.1) is 0 Å². The number of fused-ring (bicyclic) bond motifs is 1. The molecule has 0 bridgehead atoms. The summed E-state index contributed by atoms with van der Waals surface area (Å²) >= 11 is 0. The predicted molar refractivity (Wildman–Crippen MR) is 85.7 cm³/mol. The van der Waals surface area contributed by atoms with E-state index in [4.69, 9.17) is 4.42 Å². The Morgan fingerprint density at radius 2 is 1.71 bits per heavy atom. The molecule has 3 rings (SSSR count). The van der Waals surface area contributed by atoms with E-state index in [9.17, 15) is 24.3 Å². The highest BCUT2D eigenvalue weighted by molar-refractivity contribution is 6.07. The average molecular weight is 322 g/mol. The molecule has 0 saturated carbocycles. The van der Waals surface area contributed by atoms with Crippen LogP contribution in [-0.2, 0) is 0 Å². The standard InChI is InChI=1S/C18H10O6/c19-8-12-11(18(22)23)6-7-13-16(12)17(21)15(14(9-20)24-13)10-4-2-1-3-5-10/h1-9H,(H,22,23). The first-order chi connectivity index (χ1) is 11.6. The van der Waals surface area contributed by atoms with Crippen molar-refractivity contribution in [3.05, 3.63) is 69.6 Å². The highest BCUT2D eigenvalue weighted by Crippen LogP contribution is 2.26. The van der Waals surface area contributed by atoms with Crippen LogP contribution in [0, 0.1) is 0 Å². The number of carboxylic acids is 1. The van der Waals surface area contributed by atoms with Gasteiger partial charge in [-0.2, -0.15) is 0 Å². The van der Waals surface area contributed by atoms with Gasteiger partial charge in [-0.05, 0) is 17.7 Å². The molecule has 0 aliphatic heterocycles. The first kappa shape index (κ1) is 15.4. The third kappa shape index (κ3) is 2.30. The normalized spacial score (nSPS) is 10.5. The summed E-state index contributed by atoms with van der Waals surface area (Å²) in [6.07, 6.45) is 0.715. The molecular weight excluding hydrogens is 312 g/mol. The Kier molecular flexibility index (Phi) is 3.79. The maximum atomic E-state index is 12.9. The average Bonchev–Trinajstić information content (AvgIpc) is 2.60. The lowest BCUT2D eigenvalue weighted by molar-refractivity contribution is 0.0694. The highest BCUT2D eigenvalue weighted by atomic mass is 16.4. The Morgan fingerprint density at radius 1 is 1.00 bits per heavy atom. The maximum absolute atomic E-state index is 12.9. The molecule has 6 heteroatoms. The van der Waals surface area contributed by atoms with Crippen LogP contribution in [0.3, 0.4) is 0 Å². The third-order valence-corrected chi connectivity index (χ3v) is 3.65. The van der Waals surface area contributed by atoms with Gasteiger partial charge >= 0.3 is 5.97 Å². The van der Waals surface area contributed by atoms with Gasteiger partial charge in [0.1, 0.15) is 5.58 Å². The van der Waals surface area contributed by atoms with Crippen molar-refractivity contribution in [3.63, 3.8) is 0 Å². The molecule has 6 nitrogen and oxygen atoms in total. The molecule has 3 aromatic rings. The van der Waals surface area contributed by atoms with E-state index in [0.717, 1.165) is 6.07 Å². The lowest BCUT2D eigenvalue weighted by atomic mass is 9.98. The van der Waals surface area contributed by atoms with Gasteiger partial charge in [-0.3, -0.25) is 14.4 Å². The molecule has 0 radical (unpaired) electrons. The first-order valence-electron chi connectivity index (χ1n) is 6.91. The Labute approximate surface area is 135 Å². The molecule has 0 saturated heterocycles. The molecule has 0 spiro atoms. The fourth-order valence-electron chi connectivity index (χ4n) is 2.60. The maximum Gasteiger partial charge on any atom is 0.336 e. The van der Waals surface area contributed by atoms with Crippen molar-refractivity contribution in [3.8, 4) is 11.1 Å². The summed E-state index contributed by atoms with van der Waals surface area (Å²) in [4.78, 5) is 46.9. The molecule has 0 aliphatic rings. The van der Waals surface area contributed by atoms with E-state index < -0.39 is 11.4 Å². The molecule has 1 N–H and O–H groups in total. The molecule has 0 atom stereocenters. The van der Waals surface area contributed by atoms with E-state index in [1.54, 1.807) is 30.3 Å². The van der Waals surface area contributed by atoms with Gasteiger partial charge in [-0.25, -0.2) is 4.79 Å². The van der Waals surface area contributed by atoms with Crippen molar-refractivity contribution >= 4 is 29.5 Å². The van der Waals surface area contributed by atoms with Gasteiger partial charge in [0.15, 0.2) is 18.3 Å². The van der Waals surface area contributed by atoms with Crippen LogP contribution < -0.4 is 5.43 Å². The molecule has 24 heavy (non-hydrogen) atoms. The largest absolute Gasteiger partial charge is 0.478 e. The van der Waals surface area contributed by atoms with Crippen LogP contribution in [0.4, 0.5) is 0 Å². The highest BCUT2D eigenvalue weighted by Gasteiger charge is 2.21. The summed E-state index contributed by atoms with van der Waals surface area (Å²) in [5.41, 5.74) is -0.800. The topological polar surface area (TPSA) is 102 Å². The molecule has 0 unspecified atom stereocenters. The summed E-state index contributed by atoms with van der Waals surface area (Å²) in [7, 11) is 0. The van der Waals surface area contributed by atoms with Crippen LogP contribution in [0.1, 0.15) is 31.3 Å². The minimum Gasteiger partial charge on any atom is -0.478 e. The van der Waals surface area contributed by atoms with E-state index in [-0.39, 0.29) is 33.4 Å². The van der Waals surface area contributed by atoms with Crippen LogP contribution in [0.25, 0.3) is 22.1 Å². The van der Waals surface area contributed by atoms with Gasteiger partial charge in [0.05, 0.1) is 16.5 Å². The zero-order chi connectivity index (χ0) is 17.3. The van der Waals surface area contributed by atoms with Crippen molar-refractivity contribution in [2.24, 2.45) is 0 Å². The van der Waals surface area contributed by atoms with Gasteiger partial charge < -0.3 is 9.52 Å². The molecular formula is C18H10O6. The molecule has 0 aliphatic carbocycles. The second-order valence-corrected chi connectivity index (χ2v) is 4.98. The smallest absolute Gasteiger partial charge is 0.336 e. The number of carbonyl (C=O) groups is 3. The third-order valence-electron chi connectivity index (χ3n) is 3.65. The molecule has 2 aromatic carbocycles. The monoisotopic (exact) mass is 322 g/mol. The van der Waals surface area contributed by atoms with E-state index in [1.165, 1.54) is 6.07 Å². The van der Waals surface area contributed by atoms with Crippen molar-refractivity contribution in [2.45, 2.75) is 0 Å². The van der Waals surface area contributed by atoms with Crippen LogP contribution in [0.5, 0.6) is 0 Å². The van der Waals surface area contributed by atoms with E-state index in [0.29, 0.717) is 18.1 Å². The Morgan fingerprint density at radius 3 is 2.29 bits per heavy atom. The Hall–Kier alpha value is -3.54. The molecule has 1 aromatic heterocycles. The van der Waals surface area contributed by atoms with E-state index in [2.05, 4.69) is 0 Å². The van der Waals surface area contributed by atoms with Crippen molar-refractivity contribution < 1.29 is 23.9 Å². The number of rotatable bonds is 4. The SMILES string of the molecule is O=Cc1oc2ccc(C(=O)O)c(C=O)c2c(=O)c1-c1ccccc1. The summed E-state index contributed by atoms with van der Waals surface area (Å²) in [6, 6.07) is 10.8. The van der Waals surface area contributed by atoms with Crippen molar-refractivity contribution in [1.82, 2.24) is 0 Å². The zero-order valence-corrected chi connectivity index (χ0v) is 12.2. The number of carbonyl (C=O) groups excluding carboxylic acids is 2. The fourth-order valence-corrected chi connectivity index (χ4v) is 2.60. The van der Waals surface area contributed by atoms with Crippen LogP contribution in [-0.4, -0.2) is 23.6 Å². The van der Waals surface area contributed by atoms with Gasteiger partial charge in [-0.1, -0.05) is 30.3 Å². The molecule has 1 heterocycles. The lowest BCUT2D eigenvalue weighted by Gasteiger charge is -2.09. The summed E-state index contributed by atoms with van der Waals surface area (Å²) in [5.74, 6) is -1.52. The number of aldehydes is 2. The summed E-state index contributed by atoms with van der Waals surface area (Å²) in [6.45, 7) is 0. The summed E-state index contributed by atoms with van der Waals surface area (Å²) in [5, 5.41) is 9.03. The quantitative estimate of drug-likeness (QED) is 0.741. The minimum atomic E-state index is -1.33. The number of hydrogen-bond donors (Lipinski definition) is 1. The predicted octanol–water partition coefficient (Wildman–Crippen LogP) is 2.78. The van der Waals surface area contributed by atoms with Crippen molar-refractivity contribution in [1.29, 1.82) is 0 Å². The summed E-state index contributed by atoms with van der Waals surface area (Å²) < 4.78 is 5.43. The second kappa shape index (κ2) is 5.92. The minimum absolute atomic E-state index is 0.0104. The number of carboxylic acid groups (broad SMARTS) is 1. The number of aromatic carboxylic acids is 1. The Balaban J connectivity index is 2.52. The van der Waals surface area contributed by atoms with Gasteiger partial charge in [0.2, 0.25) is 5.43 Å². The molecule has 0 fully saturated rings. The zero-order valence-electron chi connectivity index (χ0n) is 12.2. The van der Waals surface area contributed by atoms with Crippen LogP contribution >= 0.6 is 0 Å². The fraction of sp³-hybridized carbons (Fsp3) is 0.